The first-order chi connectivity index (χ1) is 12.8. The molecular formula is C17H21ClO9. The zero-order valence-electron chi connectivity index (χ0n) is 14.6. The Hall–Kier alpha value is -1.88. The van der Waals surface area contributed by atoms with E-state index in [2.05, 4.69) is 0 Å². The summed E-state index contributed by atoms with van der Waals surface area (Å²) < 4.78 is 21.5. The normalized spacial score (nSPS) is 28.2. The molecule has 1 aromatic rings. The number of carbonyl (C=O) groups excluding carboxylic acids is 1. The van der Waals surface area contributed by atoms with Gasteiger partial charge in [0, 0.05) is 0 Å². The van der Waals surface area contributed by atoms with E-state index in [0.29, 0.717) is 5.56 Å². The Morgan fingerprint density at radius 2 is 1.74 bits per heavy atom. The van der Waals surface area contributed by atoms with Crippen LogP contribution in [0.3, 0.4) is 0 Å². The molecular weight excluding hydrogens is 384 g/mol. The minimum atomic E-state index is -1.59. The molecule has 1 fully saturated rings. The van der Waals surface area contributed by atoms with Gasteiger partial charge in [-0.05, 0) is 41.4 Å². The van der Waals surface area contributed by atoms with Crippen molar-refractivity contribution in [2.75, 3.05) is 20.8 Å². The summed E-state index contributed by atoms with van der Waals surface area (Å²) >= 11 is 5.28. The molecule has 1 aromatic carbocycles. The summed E-state index contributed by atoms with van der Waals surface area (Å²) in [5.41, 5.74) is 0.527. The van der Waals surface area contributed by atoms with Gasteiger partial charge in [-0.3, -0.25) is 4.79 Å². The molecule has 1 aliphatic heterocycles. The van der Waals surface area contributed by atoms with Crippen LogP contribution in [0.4, 0.5) is 0 Å². The van der Waals surface area contributed by atoms with Gasteiger partial charge in [-0.1, -0.05) is 0 Å². The van der Waals surface area contributed by atoms with Crippen molar-refractivity contribution < 1.29 is 44.2 Å². The highest BCUT2D eigenvalue weighted by Gasteiger charge is 2.45. The van der Waals surface area contributed by atoms with Crippen molar-refractivity contribution in [2.45, 2.75) is 30.7 Å². The van der Waals surface area contributed by atoms with Gasteiger partial charge in [0.2, 0.25) is 17.3 Å². The van der Waals surface area contributed by atoms with Gasteiger partial charge in [-0.2, -0.15) is 0 Å². The highest BCUT2D eigenvalue weighted by molar-refractivity contribution is 6.66. The molecule has 150 valence electrons. The summed E-state index contributed by atoms with van der Waals surface area (Å²) in [6.07, 6.45) is -4.63. The number of aliphatic hydroxyl groups is 4. The van der Waals surface area contributed by atoms with Crippen LogP contribution in [0.2, 0.25) is 0 Å². The number of ether oxygens (including phenoxy) is 4. The molecule has 1 saturated heterocycles. The SMILES string of the molecule is COc1cc(C=CC(=O)Cl)cc(OC)c1O[C@@H]1O[C@H](CO)[C@@H](O)[C@H](O)[C@@H]1O. The molecule has 10 heteroatoms. The lowest BCUT2D eigenvalue weighted by Crippen LogP contribution is -2.60. The van der Waals surface area contributed by atoms with Gasteiger partial charge >= 0.3 is 0 Å². The van der Waals surface area contributed by atoms with E-state index in [1.807, 2.05) is 0 Å². The maximum atomic E-state index is 10.9. The number of hydrogen-bond donors (Lipinski definition) is 4. The largest absolute Gasteiger partial charge is 0.493 e. The smallest absolute Gasteiger partial charge is 0.245 e. The van der Waals surface area contributed by atoms with Crippen LogP contribution in [0.15, 0.2) is 18.2 Å². The van der Waals surface area contributed by atoms with Crippen LogP contribution >= 0.6 is 11.6 Å². The predicted octanol–water partition coefficient (Wildman–Crippen LogP) is -0.339. The van der Waals surface area contributed by atoms with Gasteiger partial charge in [0.25, 0.3) is 0 Å². The summed E-state index contributed by atoms with van der Waals surface area (Å²) in [6, 6.07) is 3.05. The second-order valence-electron chi connectivity index (χ2n) is 5.71. The van der Waals surface area contributed by atoms with Crippen LogP contribution in [0.25, 0.3) is 6.08 Å². The number of carbonyl (C=O) groups is 1. The molecule has 1 aliphatic rings. The second kappa shape index (κ2) is 9.36. The average Bonchev–Trinajstić information content (AvgIpc) is 2.66. The monoisotopic (exact) mass is 404 g/mol. The summed E-state index contributed by atoms with van der Waals surface area (Å²) in [4.78, 5) is 10.9. The Morgan fingerprint density at radius 1 is 1.15 bits per heavy atom. The van der Waals surface area contributed by atoms with E-state index in [0.717, 1.165) is 6.08 Å². The van der Waals surface area contributed by atoms with Crippen LogP contribution in [0.5, 0.6) is 17.2 Å². The number of benzene rings is 1. The van der Waals surface area contributed by atoms with Crippen molar-refractivity contribution in [2.24, 2.45) is 0 Å². The highest BCUT2D eigenvalue weighted by Crippen LogP contribution is 2.40. The van der Waals surface area contributed by atoms with E-state index in [9.17, 15) is 25.2 Å². The lowest BCUT2D eigenvalue weighted by Gasteiger charge is -2.39. The first kappa shape index (κ1) is 21.4. The van der Waals surface area contributed by atoms with E-state index < -0.39 is 42.6 Å². The predicted molar refractivity (Wildman–Crippen MR) is 93.8 cm³/mol. The third kappa shape index (κ3) is 4.89. The average molecular weight is 405 g/mol. The van der Waals surface area contributed by atoms with Crippen LogP contribution in [-0.4, -0.2) is 77.2 Å². The molecule has 0 unspecified atom stereocenters. The minimum absolute atomic E-state index is 0.0543. The number of hydrogen-bond acceptors (Lipinski definition) is 9. The topological polar surface area (TPSA) is 135 Å². The van der Waals surface area contributed by atoms with Crippen molar-refractivity contribution in [3.05, 3.63) is 23.8 Å². The molecule has 0 spiro atoms. The Labute approximate surface area is 160 Å². The van der Waals surface area contributed by atoms with Gasteiger partial charge in [-0.25, -0.2) is 0 Å². The zero-order chi connectivity index (χ0) is 20.1. The van der Waals surface area contributed by atoms with E-state index in [-0.39, 0.29) is 17.2 Å². The molecule has 0 aromatic heterocycles. The maximum absolute atomic E-state index is 10.9. The molecule has 5 atom stereocenters. The Balaban J connectivity index is 2.35. The van der Waals surface area contributed by atoms with E-state index in [1.165, 1.54) is 32.4 Å². The molecule has 27 heavy (non-hydrogen) atoms. The van der Waals surface area contributed by atoms with Gasteiger partial charge < -0.3 is 39.4 Å². The van der Waals surface area contributed by atoms with Crippen molar-refractivity contribution in [3.8, 4) is 17.2 Å². The van der Waals surface area contributed by atoms with Gasteiger partial charge in [-0.15, -0.1) is 0 Å². The molecule has 2 rings (SSSR count). The summed E-state index contributed by atoms with van der Waals surface area (Å²) in [6.45, 7) is -0.588. The quantitative estimate of drug-likeness (QED) is 0.355. The fraction of sp³-hybridized carbons (Fsp3) is 0.471. The van der Waals surface area contributed by atoms with Crippen LogP contribution in [0, 0.1) is 0 Å². The van der Waals surface area contributed by atoms with Gasteiger partial charge in [0.1, 0.15) is 24.4 Å². The molecule has 0 aliphatic carbocycles. The van der Waals surface area contributed by atoms with Crippen LogP contribution < -0.4 is 14.2 Å². The third-order valence-corrected chi connectivity index (χ3v) is 4.10. The number of rotatable bonds is 7. The van der Waals surface area contributed by atoms with Crippen molar-refractivity contribution in [1.82, 2.24) is 0 Å². The maximum Gasteiger partial charge on any atom is 0.245 e. The van der Waals surface area contributed by atoms with Crippen molar-refractivity contribution >= 4 is 22.9 Å². The molecule has 9 nitrogen and oxygen atoms in total. The fourth-order valence-corrected chi connectivity index (χ4v) is 2.62. The number of halogens is 1. The summed E-state index contributed by atoms with van der Waals surface area (Å²) in [5, 5.41) is 38.4. The lowest BCUT2D eigenvalue weighted by molar-refractivity contribution is -0.277. The number of allylic oxidation sites excluding steroid dienone is 1. The first-order valence-corrected chi connectivity index (χ1v) is 8.30. The Bertz CT molecular complexity index is 666. The van der Waals surface area contributed by atoms with Crippen LogP contribution in [0.1, 0.15) is 5.56 Å². The summed E-state index contributed by atoms with van der Waals surface area (Å²) in [7, 11) is 2.74. The third-order valence-electron chi connectivity index (χ3n) is 3.97. The molecule has 0 saturated carbocycles. The van der Waals surface area contributed by atoms with E-state index >= 15 is 0 Å². The Kier molecular flexibility index (Phi) is 7.42. The van der Waals surface area contributed by atoms with E-state index in [4.69, 9.17) is 30.5 Å². The molecule has 0 amide bonds. The number of aliphatic hydroxyl groups excluding tert-OH is 4. The van der Waals surface area contributed by atoms with E-state index in [1.54, 1.807) is 0 Å². The first-order valence-electron chi connectivity index (χ1n) is 7.93. The minimum Gasteiger partial charge on any atom is -0.493 e. The fourth-order valence-electron chi connectivity index (χ4n) is 2.56. The van der Waals surface area contributed by atoms with Crippen LogP contribution in [-0.2, 0) is 9.53 Å². The molecule has 4 N–H and O–H groups in total. The zero-order valence-corrected chi connectivity index (χ0v) is 15.4. The molecule has 1 heterocycles. The number of methoxy groups -OCH3 is 2. The highest BCUT2D eigenvalue weighted by atomic mass is 35.5. The van der Waals surface area contributed by atoms with Crippen molar-refractivity contribution in [3.63, 3.8) is 0 Å². The summed E-state index contributed by atoms with van der Waals surface area (Å²) in [5.74, 6) is 0.430. The lowest BCUT2D eigenvalue weighted by atomic mass is 9.99. The second-order valence-corrected chi connectivity index (χ2v) is 6.08. The Morgan fingerprint density at radius 3 is 2.22 bits per heavy atom. The molecule has 0 bridgehead atoms. The van der Waals surface area contributed by atoms with Gasteiger partial charge in [0.15, 0.2) is 11.5 Å². The standard InChI is InChI=1S/C17H21ClO9/c1-24-9-5-8(3-4-12(18)20)6-10(25-2)16(9)27-17-15(23)14(22)13(21)11(7-19)26-17/h3-6,11,13-15,17,19,21-23H,7H2,1-2H3/t11-,13-,14+,15+,17+/m1/s1. The van der Waals surface area contributed by atoms with Gasteiger partial charge in [0.05, 0.1) is 20.8 Å². The van der Waals surface area contributed by atoms with Crippen molar-refractivity contribution in [1.29, 1.82) is 0 Å². The molecule has 0 radical (unpaired) electrons.